The van der Waals surface area contributed by atoms with Crippen LogP contribution in [0.4, 0.5) is 13.2 Å². The Kier molecular flexibility index (Phi) is 3.57. The van der Waals surface area contributed by atoms with Gasteiger partial charge in [0, 0.05) is 6.54 Å². The third-order valence-corrected chi connectivity index (χ3v) is 2.74. The average Bonchev–Trinajstić information content (AvgIpc) is 2.68. The van der Waals surface area contributed by atoms with Crippen LogP contribution in [0.15, 0.2) is 24.3 Å². The average molecular weight is 245 g/mol. The van der Waals surface area contributed by atoms with Crippen LogP contribution < -0.4 is 4.74 Å². The van der Waals surface area contributed by atoms with E-state index >= 15 is 0 Å². The Balaban J connectivity index is 2.00. The van der Waals surface area contributed by atoms with E-state index in [1.54, 1.807) is 6.07 Å². The van der Waals surface area contributed by atoms with Gasteiger partial charge in [-0.05, 0) is 43.6 Å². The van der Waals surface area contributed by atoms with Gasteiger partial charge in [0.25, 0.3) is 0 Å². The van der Waals surface area contributed by atoms with Crippen LogP contribution in [0.5, 0.6) is 5.75 Å². The van der Waals surface area contributed by atoms with E-state index in [1.165, 1.54) is 25.0 Å². The Morgan fingerprint density at radius 2 is 1.88 bits per heavy atom. The number of nitrogens with zero attached hydrogens (tertiary/aromatic N) is 1. The fourth-order valence-corrected chi connectivity index (χ4v) is 2.04. The van der Waals surface area contributed by atoms with Gasteiger partial charge in [-0.3, -0.25) is 4.90 Å². The van der Waals surface area contributed by atoms with Crippen molar-refractivity contribution in [2.45, 2.75) is 25.7 Å². The Bertz CT molecular complexity index is 372. The minimum atomic E-state index is -4.62. The van der Waals surface area contributed by atoms with Gasteiger partial charge in [0.1, 0.15) is 5.75 Å². The Morgan fingerprint density at radius 1 is 1.18 bits per heavy atom. The molecule has 0 aromatic heterocycles. The second-order valence-corrected chi connectivity index (χ2v) is 4.18. The lowest BCUT2D eigenvalue weighted by Crippen LogP contribution is -2.19. The van der Waals surface area contributed by atoms with Crippen LogP contribution in [0.25, 0.3) is 0 Å². The molecule has 0 radical (unpaired) electrons. The highest BCUT2D eigenvalue weighted by molar-refractivity contribution is 5.28. The van der Waals surface area contributed by atoms with E-state index in [9.17, 15) is 13.2 Å². The molecule has 2 nitrogen and oxygen atoms in total. The van der Waals surface area contributed by atoms with Crippen LogP contribution in [0.3, 0.4) is 0 Å². The normalized spacial score (nSPS) is 17.4. The lowest BCUT2D eigenvalue weighted by Gasteiger charge is -2.15. The largest absolute Gasteiger partial charge is 0.573 e. The molecule has 17 heavy (non-hydrogen) atoms. The molecule has 5 heteroatoms. The predicted octanol–water partition coefficient (Wildman–Crippen LogP) is 3.18. The monoisotopic (exact) mass is 245 g/mol. The quantitative estimate of drug-likeness (QED) is 0.811. The first-order chi connectivity index (χ1) is 8.03. The highest BCUT2D eigenvalue weighted by atomic mass is 19.4. The molecule has 0 unspecified atom stereocenters. The number of hydrogen-bond donors (Lipinski definition) is 0. The lowest BCUT2D eigenvalue weighted by molar-refractivity contribution is -0.274. The van der Waals surface area contributed by atoms with Gasteiger partial charge in [0.15, 0.2) is 0 Å². The van der Waals surface area contributed by atoms with Crippen LogP contribution in [0.2, 0.25) is 0 Å². The molecule has 0 saturated carbocycles. The summed E-state index contributed by atoms with van der Waals surface area (Å²) in [5, 5.41) is 0. The molecule has 0 spiro atoms. The minimum absolute atomic E-state index is 0.144. The fourth-order valence-electron chi connectivity index (χ4n) is 2.04. The van der Waals surface area contributed by atoms with Crippen molar-refractivity contribution in [1.29, 1.82) is 0 Å². The number of hydrogen-bond acceptors (Lipinski definition) is 2. The van der Waals surface area contributed by atoms with Gasteiger partial charge in [-0.25, -0.2) is 0 Å². The summed E-state index contributed by atoms with van der Waals surface area (Å²) in [6, 6.07) is 6.18. The number of likely N-dealkylation sites (tertiary alicyclic amines) is 1. The Morgan fingerprint density at radius 3 is 2.53 bits per heavy atom. The molecule has 1 fully saturated rings. The van der Waals surface area contributed by atoms with Gasteiger partial charge in [-0.2, -0.15) is 0 Å². The van der Waals surface area contributed by atoms with Gasteiger partial charge in [0.2, 0.25) is 0 Å². The first-order valence-electron chi connectivity index (χ1n) is 5.60. The zero-order chi connectivity index (χ0) is 12.3. The third-order valence-electron chi connectivity index (χ3n) is 2.74. The van der Waals surface area contributed by atoms with Gasteiger partial charge in [-0.15, -0.1) is 13.2 Å². The Hall–Kier alpha value is -1.23. The summed E-state index contributed by atoms with van der Waals surface area (Å²) in [4.78, 5) is 2.23. The van der Waals surface area contributed by atoms with Crippen molar-refractivity contribution >= 4 is 0 Å². The number of halogens is 3. The standard InChI is InChI=1S/C12H14F3NO/c13-12(14,15)17-11-5-3-4-10(8-11)9-16-6-1-2-7-16/h3-5,8H,1-2,6-7,9H2. The number of ether oxygens (including phenoxy) is 1. The number of benzene rings is 1. The summed E-state index contributed by atoms with van der Waals surface area (Å²) in [5.74, 6) is -0.144. The maximum atomic E-state index is 12.0. The number of alkyl halides is 3. The van der Waals surface area contributed by atoms with Gasteiger partial charge in [0.05, 0.1) is 0 Å². The van der Waals surface area contributed by atoms with Crippen molar-refractivity contribution in [2.24, 2.45) is 0 Å². The minimum Gasteiger partial charge on any atom is -0.406 e. The topological polar surface area (TPSA) is 12.5 Å². The molecular formula is C12H14F3NO. The molecule has 0 aliphatic carbocycles. The molecule has 0 atom stereocenters. The van der Waals surface area contributed by atoms with Crippen molar-refractivity contribution in [2.75, 3.05) is 13.1 Å². The summed E-state index contributed by atoms with van der Waals surface area (Å²) in [6.45, 7) is 2.73. The van der Waals surface area contributed by atoms with Crippen LogP contribution in [0, 0.1) is 0 Å². The van der Waals surface area contributed by atoms with Crippen molar-refractivity contribution in [1.82, 2.24) is 4.90 Å². The molecule has 2 rings (SSSR count). The van der Waals surface area contributed by atoms with E-state index in [1.807, 2.05) is 6.07 Å². The molecule has 1 aliphatic rings. The van der Waals surface area contributed by atoms with Crippen LogP contribution >= 0.6 is 0 Å². The van der Waals surface area contributed by atoms with Crippen molar-refractivity contribution < 1.29 is 17.9 Å². The molecule has 0 amide bonds. The van der Waals surface area contributed by atoms with Gasteiger partial charge in [-0.1, -0.05) is 12.1 Å². The zero-order valence-electron chi connectivity index (χ0n) is 9.33. The zero-order valence-corrected chi connectivity index (χ0v) is 9.33. The highest BCUT2D eigenvalue weighted by Crippen LogP contribution is 2.24. The molecule has 0 bridgehead atoms. The molecular weight excluding hydrogens is 231 g/mol. The molecule has 1 aromatic rings. The van der Waals surface area contributed by atoms with Crippen LogP contribution in [-0.4, -0.2) is 24.4 Å². The maximum Gasteiger partial charge on any atom is 0.573 e. The van der Waals surface area contributed by atoms with Gasteiger partial charge < -0.3 is 4.74 Å². The molecule has 0 N–H and O–H groups in total. The summed E-state index contributed by atoms with van der Waals surface area (Å²) in [6.07, 6.45) is -2.29. The molecule has 1 saturated heterocycles. The highest BCUT2D eigenvalue weighted by Gasteiger charge is 2.31. The summed E-state index contributed by atoms with van der Waals surface area (Å²) in [7, 11) is 0. The molecule has 1 aromatic carbocycles. The molecule has 1 heterocycles. The van der Waals surface area contributed by atoms with Crippen molar-refractivity contribution in [3.63, 3.8) is 0 Å². The van der Waals surface area contributed by atoms with Crippen molar-refractivity contribution in [3.05, 3.63) is 29.8 Å². The SMILES string of the molecule is FC(F)(F)Oc1cccc(CN2CCCC2)c1. The summed E-state index contributed by atoms with van der Waals surface area (Å²) in [5.41, 5.74) is 0.855. The molecule has 94 valence electrons. The van der Waals surface area contributed by atoms with E-state index < -0.39 is 6.36 Å². The van der Waals surface area contributed by atoms with Gasteiger partial charge >= 0.3 is 6.36 Å². The second kappa shape index (κ2) is 4.96. The third kappa shape index (κ3) is 3.93. The van der Waals surface area contributed by atoms with E-state index in [0.717, 1.165) is 18.7 Å². The van der Waals surface area contributed by atoms with Crippen LogP contribution in [-0.2, 0) is 6.54 Å². The predicted molar refractivity (Wildman–Crippen MR) is 57.6 cm³/mol. The second-order valence-electron chi connectivity index (χ2n) is 4.18. The summed E-state index contributed by atoms with van der Waals surface area (Å²) < 4.78 is 40.0. The Labute approximate surface area is 98.0 Å². The molecule has 1 aliphatic heterocycles. The van der Waals surface area contributed by atoms with E-state index in [2.05, 4.69) is 9.64 Å². The van der Waals surface area contributed by atoms with Crippen LogP contribution in [0.1, 0.15) is 18.4 Å². The fraction of sp³-hybridized carbons (Fsp3) is 0.500. The number of rotatable bonds is 3. The smallest absolute Gasteiger partial charge is 0.406 e. The van der Waals surface area contributed by atoms with E-state index in [-0.39, 0.29) is 5.75 Å². The van der Waals surface area contributed by atoms with E-state index in [4.69, 9.17) is 0 Å². The maximum absolute atomic E-state index is 12.0. The first-order valence-corrected chi connectivity index (χ1v) is 5.60. The summed E-state index contributed by atoms with van der Waals surface area (Å²) >= 11 is 0. The van der Waals surface area contributed by atoms with E-state index in [0.29, 0.717) is 6.54 Å². The lowest BCUT2D eigenvalue weighted by atomic mass is 10.2. The first kappa shape index (κ1) is 12.2. The van der Waals surface area contributed by atoms with Crippen molar-refractivity contribution in [3.8, 4) is 5.75 Å².